The van der Waals surface area contributed by atoms with Gasteiger partial charge in [-0.05, 0) is 38.8 Å². The molecule has 0 bridgehead atoms. The first-order chi connectivity index (χ1) is 12.0. The number of rotatable bonds is 10. The molecule has 25 heavy (non-hydrogen) atoms. The number of amides is 1. The molecule has 0 saturated heterocycles. The van der Waals surface area contributed by atoms with Crippen molar-refractivity contribution >= 4 is 23.5 Å². The number of guanidine groups is 1. The van der Waals surface area contributed by atoms with E-state index in [9.17, 15) is 4.79 Å². The van der Waals surface area contributed by atoms with Gasteiger partial charge in [0, 0.05) is 19.6 Å². The standard InChI is InChI=1S/C18H30ClN5O/c1-13(16(19)14-9-5-4-6-10-14)24-17(25)15(21-2)11-7-8-12-23-18(20)22-3/h4-6,9-10,13,15-16,21H,7-8,11-12H2,1-3H3,(H,24,25)(H3,20,22,23). The zero-order valence-corrected chi connectivity index (χ0v) is 16.0. The Morgan fingerprint density at radius 1 is 1.28 bits per heavy atom. The molecule has 140 valence electrons. The van der Waals surface area contributed by atoms with E-state index < -0.39 is 0 Å². The van der Waals surface area contributed by atoms with Crippen LogP contribution in [0.2, 0.25) is 0 Å². The van der Waals surface area contributed by atoms with Crippen LogP contribution in [0.3, 0.4) is 0 Å². The van der Waals surface area contributed by atoms with Crippen molar-refractivity contribution in [3.8, 4) is 0 Å². The van der Waals surface area contributed by atoms with Crippen molar-refractivity contribution in [2.75, 3.05) is 20.6 Å². The third-order valence-corrected chi connectivity index (χ3v) is 4.69. The smallest absolute Gasteiger partial charge is 0.237 e. The first kappa shape index (κ1) is 21.3. The fourth-order valence-corrected chi connectivity index (χ4v) is 2.71. The summed E-state index contributed by atoms with van der Waals surface area (Å²) in [6.45, 7) is 2.67. The molecule has 0 radical (unpaired) electrons. The molecule has 6 nitrogen and oxygen atoms in total. The highest BCUT2D eigenvalue weighted by Gasteiger charge is 2.22. The number of aliphatic imine (C=N–C) groups is 1. The number of unbranched alkanes of at least 4 members (excludes halogenated alkanes) is 1. The molecule has 0 saturated carbocycles. The molecule has 0 aliphatic rings. The van der Waals surface area contributed by atoms with Gasteiger partial charge in [-0.25, -0.2) is 0 Å². The van der Waals surface area contributed by atoms with Crippen LogP contribution in [0.4, 0.5) is 0 Å². The van der Waals surface area contributed by atoms with Crippen molar-refractivity contribution in [2.45, 2.75) is 43.6 Å². The van der Waals surface area contributed by atoms with E-state index in [4.69, 9.17) is 17.3 Å². The van der Waals surface area contributed by atoms with Gasteiger partial charge in [-0.1, -0.05) is 30.3 Å². The molecule has 1 aromatic rings. The first-order valence-electron chi connectivity index (χ1n) is 8.62. The average molecular weight is 368 g/mol. The van der Waals surface area contributed by atoms with Gasteiger partial charge in [0.15, 0.2) is 5.96 Å². The molecular formula is C18H30ClN5O. The lowest BCUT2D eigenvalue weighted by molar-refractivity contribution is -0.123. The Morgan fingerprint density at radius 3 is 2.56 bits per heavy atom. The number of likely N-dealkylation sites (N-methyl/N-ethyl adjacent to an activating group) is 1. The molecule has 3 atom stereocenters. The number of nitrogens with two attached hydrogens (primary N) is 1. The number of hydrogen-bond donors (Lipinski definition) is 4. The largest absolute Gasteiger partial charge is 0.370 e. The zero-order valence-electron chi connectivity index (χ0n) is 15.3. The predicted octanol–water partition coefficient (Wildman–Crippen LogP) is 1.76. The quantitative estimate of drug-likeness (QED) is 0.219. The molecule has 1 aromatic carbocycles. The van der Waals surface area contributed by atoms with E-state index in [1.54, 1.807) is 14.1 Å². The van der Waals surface area contributed by atoms with E-state index >= 15 is 0 Å². The summed E-state index contributed by atoms with van der Waals surface area (Å²) in [6.07, 6.45) is 2.57. The lowest BCUT2D eigenvalue weighted by Gasteiger charge is -2.23. The SMILES string of the molecule is CN=C(N)NCCCCC(NC)C(=O)NC(C)C(Cl)c1ccccc1. The van der Waals surface area contributed by atoms with Crippen LogP contribution in [0.15, 0.2) is 35.3 Å². The fraction of sp³-hybridized carbons (Fsp3) is 0.556. The third-order valence-electron chi connectivity index (χ3n) is 4.06. The molecule has 1 amide bonds. The van der Waals surface area contributed by atoms with Crippen LogP contribution in [0.5, 0.6) is 0 Å². The molecular weight excluding hydrogens is 338 g/mol. The molecule has 3 unspecified atom stereocenters. The van der Waals surface area contributed by atoms with Crippen molar-refractivity contribution in [3.63, 3.8) is 0 Å². The predicted molar refractivity (Wildman–Crippen MR) is 105 cm³/mol. The monoisotopic (exact) mass is 367 g/mol. The number of carbonyl (C=O) groups excluding carboxylic acids is 1. The summed E-state index contributed by atoms with van der Waals surface area (Å²) >= 11 is 6.47. The van der Waals surface area contributed by atoms with Gasteiger partial charge in [-0.15, -0.1) is 11.6 Å². The topological polar surface area (TPSA) is 91.5 Å². The van der Waals surface area contributed by atoms with Gasteiger partial charge in [-0.3, -0.25) is 9.79 Å². The molecule has 0 fully saturated rings. The van der Waals surface area contributed by atoms with Crippen molar-refractivity contribution in [2.24, 2.45) is 10.7 Å². The molecule has 7 heteroatoms. The number of nitrogens with zero attached hydrogens (tertiary/aromatic N) is 1. The van der Waals surface area contributed by atoms with Gasteiger partial charge in [0.1, 0.15) is 0 Å². The van der Waals surface area contributed by atoms with Crippen LogP contribution >= 0.6 is 11.6 Å². The molecule has 5 N–H and O–H groups in total. The molecule has 1 rings (SSSR count). The Balaban J connectivity index is 2.39. The highest BCUT2D eigenvalue weighted by Crippen LogP contribution is 2.23. The fourth-order valence-electron chi connectivity index (χ4n) is 2.50. The van der Waals surface area contributed by atoms with Gasteiger partial charge < -0.3 is 21.7 Å². The minimum absolute atomic E-state index is 0.0285. The van der Waals surface area contributed by atoms with Crippen molar-refractivity contribution in [1.29, 1.82) is 0 Å². The minimum atomic E-state index is -0.261. The Bertz CT molecular complexity index is 538. The first-order valence-corrected chi connectivity index (χ1v) is 9.06. The van der Waals surface area contributed by atoms with Crippen molar-refractivity contribution in [1.82, 2.24) is 16.0 Å². The maximum atomic E-state index is 12.5. The minimum Gasteiger partial charge on any atom is -0.370 e. The van der Waals surface area contributed by atoms with E-state index in [0.717, 1.165) is 31.4 Å². The van der Waals surface area contributed by atoms with E-state index in [1.165, 1.54) is 0 Å². The van der Waals surface area contributed by atoms with Crippen LogP contribution in [-0.2, 0) is 4.79 Å². The number of halogens is 1. The Kier molecular flexibility index (Phi) is 9.96. The lowest BCUT2D eigenvalue weighted by Crippen LogP contribution is -2.47. The maximum absolute atomic E-state index is 12.5. The van der Waals surface area contributed by atoms with Crippen LogP contribution in [0.1, 0.15) is 37.1 Å². The van der Waals surface area contributed by atoms with Crippen molar-refractivity contribution < 1.29 is 4.79 Å². The van der Waals surface area contributed by atoms with Gasteiger partial charge in [-0.2, -0.15) is 0 Å². The van der Waals surface area contributed by atoms with Gasteiger partial charge in [0.25, 0.3) is 0 Å². The average Bonchev–Trinajstić information content (AvgIpc) is 2.64. The van der Waals surface area contributed by atoms with Crippen LogP contribution in [-0.4, -0.2) is 44.6 Å². The highest BCUT2D eigenvalue weighted by atomic mass is 35.5. The zero-order chi connectivity index (χ0) is 18.7. The summed E-state index contributed by atoms with van der Waals surface area (Å²) in [5, 5.41) is 8.83. The summed E-state index contributed by atoms with van der Waals surface area (Å²) in [5.74, 6) is 0.407. The van der Waals surface area contributed by atoms with Gasteiger partial charge in [0.2, 0.25) is 5.91 Å². The summed E-state index contributed by atoms with van der Waals surface area (Å²) in [4.78, 5) is 16.3. The summed E-state index contributed by atoms with van der Waals surface area (Å²) in [5.41, 5.74) is 6.57. The number of alkyl halides is 1. The van der Waals surface area contributed by atoms with E-state index in [1.807, 2.05) is 37.3 Å². The van der Waals surface area contributed by atoms with E-state index in [-0.39, 0.29) is 23.4 Å². The maximum Gasteiger partial charge on any atom is 0.237 e. The van der Waals surface area contributed by atoms with E-state index in [2.05, 4.69) is 20.9 Å². The molecule has 0 spiro atoms. The van der Waals surface area contributed by atoms with Crippen LogP contribution in [0.25, 0.3) is 0 Å². The molecule has 0 aromatic heterocycles. The van der Waals surface area contributed by atoms with Gasteiger partial charge in [0.05, 0.1) is 11.4 Å². The van der Waals surface area contributed by atoms with Gasteiger partial charge >= 0.3 is 0 Å². The summed E-state index contributed by atoms with van der Waals surface area (Å²) < 4.78 is 0. The second-order valence-electron chi connectivity index (χ2n) is 5.98. The second-order valence-corrected chi connectivity index (χ2v) is 6.45. The second kappa shape index (κ2) is 11.7. The normalized spacial score (nSPS) is 15.3. The summed E-state index contributed by atoms with van der Waals surface area (Å²) in [7, 11) is 3.44. The van der Waals surface area contributed by atoms with Crippen molar-refractivity contribution in [3.05, 3.63) is 35.9 Å². The van der Waals surface area contributed by atoms with E-state index in [0.29, 0.717) is 5.96 Å². The number of nitrogens with one attached hydrogen (secondary N) is 3. The Hall–Kier alpha value is -1.79. The lowest BCUT2D eigenvalue weighted by atomic mass is 10.0. The number of benzene rings is 1. The third kappa shape index (κ3) is 7.75. The Labute approximate surface area is 155 Å². The molecule has 0 aliphatic heterocycles. The molecule has 0 aliphatic carbocycles. The summed E-state index contributed by atoms with van der Waals surface area (Å²) in [6, 6.07) is 9.37. The Morgan fingerprint density at radius 2 is 1.96 bits per heavy atom. The highest BCUT2D eigenvalue weighted by molar-refractivity contribution is 6.21. The molecule has 0 heterocycles. The van der Waals surface area contributed by atoms with Crippen LogP contribution < -0.4 is 21.7 Å². The number of hydrogen-bond acceptors (Lipinski definition) is 3. The number of carbonyl (C=O) groups is 1. The van der Waals surface area contributed by atoms with Crippen LogP contribution in [0, 0.1) is 0 Å².